The molecule has 0 atom stereocenters. The first-order valence-corrected chi connectivity index (χ1v) is 9.79. The molecule has 4 heteroatoms. The van der Waals surface area contributed by atoms with Crippen LogP contribution in [0.5, 0.6) is 0 Å². The number of allylic oxidation sites excluding steroid dienone is 3. The summed E-state index contributed by atoms with van der Waals surface area (Å²) in [6.07, 6.45) is 10.1. The van der Waals surface area contributed by atoms with E-state index >= 15 is 0 Å². The Hall–Kier alpha value is -3.14. The monoisotopic (exact) mass is 410 g/mol. The molecule has 0 bridgehead atoms. The largest absolute Gasteiger partial charge is 0.206 e. The molecule has 3 rings (SSSR count). The van der Waals surface area contributed by atoms with Crippen molar-refractivity contribution in [3.8, 4) is 22.3 Å². The van der Waals surface area contributed by atoms with Gasteiger partial charge in [0.2, 0.25) is 0 Å². The van der Waals surface area contributed by atoms with Crippen molar-refractivity contribution >= 4 is 0 Å². The lowest BCUT2D eigenvalue weighted by atomic mass is 9.98. The summed E-state index contributed by atoms with van der Waals surface area (Å²) in [5.41, 5.74) is 2.63. The van der Waals surface area contributed by atoms with Gasteiger partial charge in [0.25, 0.3) is 0 Å². The fourth-order valence-corrected chi connectivity index (χ4v) is 3.20. The molecule has 0 nitrogen and oxygen atoms in total. The highest BCUT2D eigenvalue weighted by Gasteiger charge is 2.14. The zero-order valence-electron chi connectivity index (χ0n) is 16.5. The third-order valence-electron chi connectivity index (χ3n) is 4.85. The Morgan fingerprint density at radius 2 is 1.23 bits per heavy atom. The molecular weight excluding hydrogens is 388 g/mol. The molecule has 0 fully saturated rings. The van der Waals surface area contributed by atoms with E-state index in [1.165, 1.54) is 17.7 Å². The van der Waals surface area contributed by atoms with E-state index in [0.717, 1.165) is 43.4 Å². The smallest absolute Gasteiger partial charge is 0.194 e. The Morgan fingerprint density at radius 1 is 0.633 bits per heavy atom. The third kappa shape index (κ3) is 5.26. The predicted octanol–water partition coefficient (Wildman–Crippen LogP) is 8.03. The van der Waals surface area contributed by atoms with Gasteiger partial charge in [0, 0.05) is 5.56 Å². The molecule has 3 aromatic carbocycles. The van der Waals surface area contributed by atoms with E-state index in [-0.39, 0.29) is 11.1 Å². The minimum atomic E-state index is -1.57. The second kappa shape index (κ2) is 10.1. The summed E-state index contributed by atoms with van der Waals surface area (Å²) < 4.78 is 54.7. The van der Waals surface area contributed by atoms with Gasteiger partial charge in [0.15, 0.2) is 17.5 Å². The number of unbranched alkanes of at least 4 members (excludes halogenated alkanes) is 1. The van der Waals surface area contributed by atoms with Crippen molar-refractivity contribution in [1.82, 2.24) is 0 Å². The van der Waals surface area contributed by atoms with Crippen molar-refractivity contribution in [2.24, 2.45) is 0 Å². The van der Waals surface area contributed by atoms with Crippen LogP contribution in [0.3, 0.4) is 0 Å². The Bertz CT molecular complexity index is 1030. The average Bonchev–Trinajstić information content (AvgIpc) is 2.74. The van der Waals surface area contributed by atoms with Gasteiger partial charge in [-0.2, -0.15) is 0 Å². The van der Waals surface area contributed by atoms with E-state index in [4.69, 9.17) is 0 Å². The normalized spacial score (nSPS) is 11.2. The first-order valence-electron chi connectivity index (χ1n) is 9.79. The lowest BCUT2D eigenvalue weighted by Crippen LogP contribution is -1.94. The summed E-state index contributed by atoms with van der Waals surface area (Å²) in [6, 6.07) is 13.9. The van der Waals surface area contributed by atoms with Crippen molar-refractivity contribution in [2.45, 2.75) is 25.7 Å². The van der Waals surface area contributed by atoms with Crippen LogP contribution >= 0.6 is 0 Å². The fraction of sp³-hybridized carbons (Fsp3) is 0.154. The van der Waals surface area contributed by atoms with E-state index in [0.29, 0.717) is 5.56 Å². The van der Waals surface area contributed by atoms with Gasteiger partial charge in [-0.15, -0.1) is 6.58 Å². The molecule has 0 aliphatic heterocycles. The number of benzene rings is 3. The highest BCUT2D eigenvalue weighted by Crippen LogP contribution is 2.30. The van der Waals surface area contributed by atoms with Crippen molar-refractivity contribution in [3.63, 3.8) is 0 Å². The predicted molar refractivity (Wildman–Crippen MR) is 114 cm³/mol. The highest BCUT2D eigenvalue weighted by atomic mass is 19.2. The van der Waals surface area contributed by atoms with Crippen LogP contribution in [-0.2, 0) is 6.42 Å². The van der Waals surface area contributed by atoms with Crippen LogP contribution in [0.25, 0.3) is 22.3 Å². The van der Waals surface area contributed by atoms with E-state index in [1.807, 2.05) is 30.3 Å². The molecule has 0 aromatic heterocycles. The highest BCUT2D eigenvalue weighted by molar-refractivity contribution is 5.71. The van der Waals surface area contributed by atoms with E-state index in [2.05, 4.69) is 18.7 Å². The van der Waals surface area contributed by atoms with Gasteiger partial charge < -0.3 is 0 Å². The van der Waals surface area contributed by atoms with Gasteiger partial charge in [-0.25, -0.2) is 17.6 Å². The van der Waals surface area contributed by atoms with Crippen LogP contribution in [0.1, 0.15) is 24.8 Å². The number of rotatable bonds is 8. The zero-order chi connectivity index (χ0) is 21.5. The minimum Gasteiger partial charge on any atom is -0.206 e. The van der Waals surface area contributed by atoms with E-state index in [9.17, 15) is 17.6 Å². The Labute approximate surface area is 174 Å². The van der Waals surface area contributed by atoms with Crippen molar-refractivity contribution < 1.29 is 17.6 Å². The molecule has 154 valence electrons. The number of hydrogen-bond donors (Lipinski definition) is 0. The topological polar surface area (TPSA) is 0 Å². The Kier molecular flexibility index (Phi) is 7.23. The molecular formula is C26H22F4. The summed E-state index contributed by atoms with van der Waals surface area (Å²) in [4.78, 5) is 0. The van der Waals surface area contributed by atoms with Crippen LogP contribution in [0.2, 0.25) is 0 Å². The molecule has 0 saturated heterocycles. The Balaban J connectivity index is 1.72. The standard InChI is InChI=1S/C26H22F4/c1-2-3-4-5-6-7-8-18-9-11-19(12-10-18)20-13-14-22(23(27)15-20)21-16-24(28)26(30)25(29)17-21/h2,5-6,9-17H,1,3-4,7-8H2/b6-5+. The summed E-state index contributed by atoms with van der Waals surface area (Å²) in [5.74, 6) is -4.89. The molecule has 0 N–H and O–H groups in total. The summed E-state index contributed by atoms with van der Waals surface area (Å²) in [6.45, 7) is 3.69. The van der Waals surface area contributed by atoms with Gasteiger partial charge in [0.1, 0.15) is 5.82 Å². The van der Waals surface area contributed by atoms with Gasteiger partial charge >= 0.3 is 0 Å². The van der Waals surface area contributed by atoms with E-state index < -0.39 is 23.3 Å². The van der Waals surface area contributed by atoms with Crippen LogP contribution in [0.4, 0.5) is 17.6 Å². The van der Waals surface area contributed by atoms with Gasteiger partial charge in [-0.3, -0.25) is 0 Å². The quantitative estimate of drug-likeness (QED) is 0.153. The molecule has 3 aromatic rings. The Morgan fingerprint density at radius 3 is 1.87 bits per heavy atom. The maximum Gasteiger partial charge on any atom is 0.194 e. The number of aryl methyl sites for hydroxylation is 1. The molecule has 0 heterocycles. The molecule has 30 heavy (non-hydrogen) atoms. The average molecular weight is 410 g/mol. The molecule has 0 radical (unpaired) electrons. The van der Waals surface area contributed by atoms with Crippen molar-refractivity contribution in [3.05, 3.63) is 108 Å². The number of halogens is 4. The molecule has 0 saturated carbocycles. The lowest BCUT2D eigenvalue weighted by Gasteiger charge is -2.09. The fourth-order valence-electron chi connectivity index (χ4n) is 3.20. The lowest BCUT2D eigenvalue weighted by molar-refractivity contribution is 0.447. The van der Waals surface area contributed by atoms with Crippen LogP contribution in [0, 0.1) is 23.3 Å². The van der Waals surface area contributed by atoms with Gasteiger partial charge in [-0.05, 0) is 66.1 Å². The van der Waals surface area contributed by atoms with Gasteiger partial charge in [0.05, 0.1) is 0 Å². The minimum absolute atomic E-state index is 0.0106. The molecule has 0 spiro atoms. The zero-order valence-corrected chi connectivity index (χ0v) is 16.5. The SMILES string of the molecule is C=CCC/C=C/CCc1ccc(-c2ccc(-c3cc(F)c(F)c(F)c3)c(F)c2)cc1. The molecule has 0 aliphatic rings. The summed E-state index contributed by atoms with van der Waals surface area (Å²) in [7, 11) is 0. The second-order valence-corrected chi connectivity index (χ2v) is 7.02. The summed E-state index contributed by atoms with van der Waals surface area (Å²) in [5, 5.41) is 0. The summed E-state index contributed by atoms with van der Waals surface area (Å²) >= 11 is 0. The molecule has 0 amide bonds. The maximum atomic E-state index is 14.6. The third-order valence-corrected chi connectivity index (χ3v) is 4.85. The first-order chi connectivity index (χ1) is 14.5. The van der Waals surface area contributed by atoms with Crippen molar-refractivity contribution in [1.29, 1.82) is 0 Å². The van der Waals surface area contributed by atoms with Crippen LogP contribution in [0.15, 0.2) is 79.4 Å². The van der Waals surface area contributed by atoms with Crippen LogP contribution in [-0.4, -0.2) is 0 Å². The van der Waals surface area contributed by atoms with Crippen molar-refractivity contribution in [2.75, 3.05) is 0 Å². The molecule has 0 aliphatic carbocycles. The van der Waals surface area contributed by atoms with Crippen LogP contribution < -0.4 is 0 Å². The van der Waals surface area contributed by atoms with Gasteiger partial charge in [-0.1, -0.05) is 54.6 Å². The first kappa shape index (κ1) is 21.6. The second-order valence-electron chi connectivity index (χ2n) is 7.02. The number of hydrogen-bond acceptors (Lipinski definition) is 0. The maximum absolute atomic E-state index is 14.6. The molecule has 0 unspecified atom stereocenters. The van der Waals surface area contributed by atoms with E-state index in [1.54, 1.807) is 6.07 Å².